The fourth-order valence-corrected chi connectivity index (χ4v) is 3.59. The van der Waals surface area contributed by atoms with E-state index in [0.29, 0.717) is 24.5 Å². The molecule has 0 aliphatic carbocycles. The zero-order valence-electron chi connectivity index (χ0n) is 13.3. The van der Waals surface area contributed by atoms with E-state index in [2.05, 4.69) is 10.3 Å². The molecule has 1 unspecified atom stereocenters. The van der Waals surface area contributed by atoms with Crippen molar-refractivity contribution in [3.8, 4) is 0 Å². The van der Waals surface area contributed by atoms with E-state index < -0.39 is 0 Å². The molecule has 5 nitrogen and oxygen atoms in total. The summed E-state index contributed by atoms with van der Waals surface area (Å²) in [5.74, 6) is -0.0672. The van der Waals surface area contributed by atoms with Gasteiger partial charge < -0.3 is 10.2 Å². The van der Waals surface area contributed by atoms with Crippen molar-refractivity contribution in [2.45, 2.75) is 32.4 Å². The highest BCUT2D eigenvalue weighted by Gasteiger charge is 2.30. The summed E-state index contributed by atoms with van der Waals surface area (Å²) < 4.78 is 0. The molecule has 0 saturated carbocycles. The lowest BCUT2D eigenvalue weighted by atomic mass is 10.2. The summed E-state index contributed by atoms with van der Waals surface area (Å²) in [4.78, 5) is 30.3. The Labute approximate surface area is 149 Å². The molecule has 1 aromatic heterocycles. The number of benzene rings is 1. The molecule has 1 N–H and O–H groups in total. The first-order valence-corrected chi connectivity index (χ1v) is 8.98. The summed E-state index contributed by atoms with van der Waals surface area (Å²) in [5, 5.41) is 6.41. The van der Waals surface area contributed by atoms with Crippen molar-refractivity contribution in [3.63, 3.8) is 0 Å². The Morgan fingerprint density at radius 3 is 2.96 bits per heavy atom. The highest BCUT2D eigenvalue weighted by atomic mass is 35.5. The van der Waals surface area contributed by atoms with Crippen LogP contribution in [0.25, 0.3) is 0 Å². The van der Waals surface area contributed by atoms with Gasteiger partial charge in [-0.15, -0.1) is 11.3 Å². The van der Waals surface area contributed by atoms with Gasteiger partial charge in [0.25, 0.3) is 0 Å². The Morgan fingerprint density at radius 2 is 2.25 bits per heavy atom. The molecular weight excluding hydrogens is 346 g/mol. The maximum absolute atomic E-state index is 12.2. The van der Waals surface area contributed by atoms with Gasteiger partial charge in [0.05, 0.1) is 23.2 Å². The molecule has 1 aromatic carbocycles. The topological polar surface area (TPSA) is 62.3 Å². The second kappa shape index (κ2) is 7.32. The minimum atomic E-state index is -0.160. The summed E-state index contributed by atoms with van der Waals surface area (Å²) in [5.41, 5.74) is 1.68. The zero-order valence-corrected chi connectivity index (χ0v) is 14.9. The minimum absolute atomic E-state index is 0.0322. The van der Waals surface area contributed by atoms with Crippen LogP contribution >= 0.6 is 22.9 Å². The van der Waals surface area contributed by atoms with E-state index in [4.69, 9.17) is 11.6 Å². The van der Waals surface area contributed by atoms with E-state index in [0.717, 1.165) is 16.3 Å². The molecule has 2 amide bonds. The number of aromatic nitrogens is 1. The number of hydrogen-bond acceptors (Lipinski definition) is 4. The first-order valence-electron chi connectivity index (χ1n) is 7.73. The first-order chi connectivity index (χ1) is 11.5. The molecule has 1 atom stereocenters. The molecule has 2 heterocycles. The maximum atomic E-state index is 12.2. The average Bonchev–Trinajstić information content (AvgIpc) is 3.07. The van der Waals surface area contributed by atoms with E-state index in [-0.39, 0.29) is 24.3 Å². The minimum Gasteiger partial charge on any atom is -0.351 e. The van der Waals surface area contributed by atoms with Crippen LogP contribution in [0.1, 0.15) is 22.7 Å². The third-order valence-corrected chi connectivity index (χ3v) is 5.10. The molecule has 2 aromatic rings. The van der Waals surface area contributed by atoms with Gasteiger partial charge in [0.15, 0.2) is 0 Å². The van der Waals surface area contributed by atoms with Crippen LogP contribution in [0, 0.1) is 6.92 Å². The van der Waals surface area contributed by atoms with Crippen LogP contribution < -0.4 is 5.32 Å². The molecule has 1 saturated heterocycles. The lowest BCUT2D eigenvalue weighted by Gasteiger charge is -2.18. The van der Waals surface area contributed by atoms with Gasteiger partial charge in [0, 0.05) is 29.9 Å². The van der Waals surface area contributed by atoms with Gasteiger partial charge in [-0.25, -0.2) is 4.98 Å². The van der Waals surface area contributed by atoms with Crippen LogP contribution in [0.15, 0.2) is 29.6 Å². The Kier molecular flexibility index (Phi) is 5.16. The fraction of sp³-hybridized carbons (Fsp3) is 0.353. The summed E-state index contributed by atoms with van der Waals surface area (Å²) >= 11 is 7.68. The molecule has 126 valence electrons. The Hall–Kier alpha value is -1.92. The van der Waals surface area contributed by atoms with Gasteiger partial charge in [-0.05, 0) is 18.6 Å². The van der Waals surface area contributed by atoms with Gasteiger partial charge in [-0.3, -0.25) is 9.59 Å². The second-order valence-corrected chi connectivity index (χ2v) is 7.34. The second-order valence-electron chi connectivity index (χ2n) is 5.87. The first kappa shape index (κ1) is 16.9. The van der Waals surface area contributed by atoms with Gasteiger partial charge >= 0.3 is 0 Å². The van der Waals surface area contributed by atoms with E-state index in [1.807, 2.05) is 36.6 Å². The molecule has 1 aliphatic rings. The maximum Gasteiger partial charge on any atom is 0.226 e. The Morgan fingerprint density at radius 1 is 1.46 bits per heavy atom. The number of halogens is 1. The number of thiazole rings is 1. The predicted molar refractivity (Wildman–Crippen MR) is 94.0 cm³/mol. The van der Waals surface area contributed by atoms with Crippen LogP contribution in [0.3, 0.4) is 0 Å². The van der Waals surface area contributed by atoms with Crippen LogP contribution in [-0.4, -0.2) is 34.3 Å². The number of aryl methyl sites for hydroxylation is 1. The van der Waals surface area contributed by atoms with Crippen LogP contribution in [0.5, 0.6) is 0 Å². The third kappa shape index (κ3) is 4.13. The Balaban J connectivity index is 1.54. The van der Waals surface area contributed by atoms with Crippen LogP contribution in [-0.2, 0) is 22.6 Å². The Bertz CT molecular complexity index is 762. The van der Waals surface area contributed by atoms with Gasteiger partial charge in [-0.2, -0.15) is 0 Å². The van der Waals surface area contributed by atoms with Gasteiger partial charge in [0.1, 0.15) is 0 Å². The number of carbonyl (C=O) groups excluding carboxylic acids is 2. The molecule has 7 heteroatoms. The molecule has 1 fully saturated rings. The fourth-order valence-electron chi connectivity index (χ4n) is 2.79. The number of likely N-dealkylation sites (tertiary alicyclic amines) is 1. The largest absolute Gasteiger partial charge is 0.351 e. The normalized spacial score (nSPS) is 17.3. The van der Waals surface area contributed by atoms with E-state index in [1.54, 1.807) is 4.90 Å². The summed E-state index contributed by atoms with van der Waals surface area (Å²) in [6, 6.07) is 7.32. The molecule has 1 aliphatic heterocycles. The van der Waals surface area contributed by atoms with Crippen LogP contribution in [0.4, 0.5) is 0 Å². The van der Waals surface area contributed by atoms with E-state index >= 15 is 0 Å². The lowest BCUT2D eigenvalue weighted by Crippen LogP contribution is -2.37. The predicted octanol–water partition coefficient (Wildman–Crippen LogP) is 2.56. The third-order valence-electron chi connectivity index (χ3n) is 3.91. The summed E-state index contributed by atoms with van der Waals surface area (Å²) in [6.45, 7) is 2.89. The van der Waals surface area contributed by atoms with Gasteiger partial charge in [-0.1, -0.05) is 29.8 Å². The number of hydrogen-bond donors (Lipinski definition) is 1. The van der Waals surface area contributed by atoms with Crippen LogP contribution in [0.2, 0.25) is 5.02 Å². The summed E-state index contributed by atoms with van der Waals surface area (Å²) in [7, 11) is 0. The monoisotopic (exact) mass is 363 g/mol. The van der Waals surface area contributed by atoms with Crippen molar-refractivity contribution < 1.29 is 9.59 Å². The smallest absolute Gasteiger partial charge is 0.226 e. The quantitative estimate of drug-likeness (QED) is 0.888. The molecule has 0 radical (unpaired) electrons. The van der Waals surface area contributed by atoms with Gasteiger partial charge in [0.2, 0.25) is 11.8 Å². The number of nitrogens with one attached hydrogen (secondary N) is 1. The molecule has 0 bridgehead atoms. The van der Waals surface area contributed by atoms with Crippen molar-refractivity contribution in [2.75, 3.05) is 6.54 Å². The molecule has 3 rings (SSSR count). The highest BCUT2D eigenvalue weighted by Crippen LogP contribution is 2.20. The standard InChI is InChI=1S/C17H18ClN3O2S/c1-11-19-14(10-24-11)6-16(22)20-13-7-17(23)21(9-13)8-12-4-2-3-5-15(12)18/h2-5,10,13H,6-9H2,1H3,(H,20,22). The van der Waals surface area contributed by atoms with Crippen molar-refractivity contribution in [3.05, 3.63) is 50.9 Å². The molecule has 24 heavy (non-hydrogen) atoms. The van der Waals surface area contributed by atoms with Crippen molar-refractivity contribution in [1.82, 2.24) is 15.2 Å². The number of nitrogens with zero attached hydrogens (tertiary/aromatic N) is 2. The van der Waals surface area contributed by atoms with E-state index in [9.17, 15) is 9.59 Å². The SMILES string of the molecule is Cc1nc(CC(=O)NC2CC(=O)N(Cc3ccccc3Cl)C2)cs1. The lowest BCUT2D eigenvalue weighted by molar-refractivity contribution is -0.128. The zero-order chi connectivity index (χ0) is 17.1. The number of rotatable bonds is 5. The molecule has 0 spiro atoms. The van der Waals surface area contributed by atoms with E-state index in [1.165, 1.54) is 11.3 Å². The average molecular weight is 364 g/mol. The number of carbonyl (C=O) groups is 2. The highest BCUT2D eigenvalue weighted by molar-refractivity contribution is 7.09. The van der Waals surface area contributed by atoms with Crippen molar-refractivity contribution >= 4 is 34.8 Å². The number of amides is 2. The van der Waals surface area contributed by atoms with Crippen molar-refractivity contribution in [1.29, 1.82) is 0 Å². The van der Waals surface area contributed by atoms with Crippen molar-refractivity contribution in [2.24, 2.45) is 0 Å². The molecular formula is C17H18ClN3O2S. The summed E-state index contributed by atoms with van der Waals surface area (Å²) in [6.07, 6.45) is 0.575.